The van der Waals surface area contributed by atoms with E-state index >= 15 is 0 Å². The van der Waals surface area contributed by atoms with Crippen molar-refractivity contribution in [1.82, 2.24) is 9.97 Å². The largest absolute Gasteiger partial charge is 0.345 e. The summed E-state index contributed by atoms with van der Waals surface area (Å²) in [5, 5.41) is 0. The molecular formula is C9H16N2. The maximum atomic E-state index is 5.07. The first-order valence-electron chi connectivity index (χ1n) is 2.77. The van der Waals surface area contributed by atoms with E-state index in [9.17, 15) is 0 Å². The van der Waals surface area contributed by atoms with Gasteiger partial charge in [0, 0.05) is 11.9 Å². The first kappa shape index (κ1) is 12.4. The highest BCUT2D eigenvalue weighted by molar-refractivity contribution is 5.07. The summed E-state index contributed by atoms with van der Waals surface area (Å²) in [6.45, 7) is 1.90. The number of hydrogen-bond acceptors (Lipinski definition) is 1. The number of hydrogen-bond donors (Lipinski definition) is 1. The van der Waals surface area contributed by atoms with E-state index < -0.39 is 0 Å². The third-order valence-corrected chi connectivity index (χ3v) is 1.05. The summed E-state index contributed by atoms with van der Waals surface area (Å²) in [4.78, 5) is 7.01. The van der Waals surface area contributed by atoms with Gasteiger partial charge < -0.3 is 4.98 Å². The Hall–Kier alpha value is -1.23. The molecular weight excluding hydrogens is 136 g/mol. The van der Waals surface area contributed by atoms with Crippen LogP contribution in [0.4, 0.5) is 0 Å². The highest BCUT2D eigenvalue weighted by Gasteiger charge is 1.90. The maximum absolute atomic E-state index is 5.07. The van der Waals surface area contributed by atoms with E-state index in [-0.39, 0.29) is 14.9 Å². The maximum Gasteiger partial charge on any atom is 0.103 e. The molecule has 0 spiro atoms. The van der Waals surface area contributed by atoms with E-state index in [4.69, 9.17) is 6.42 Å². The molecule has 0 aliphatic carbocycles. The van der Waals surface area contributed by atoms with E-state index in [2.05, 4.69) is 15.9 Å². The molecule has 0 atom stereocenters. The van der Waals surface area contributed by atoms with Crippen LogP contribution in [0.1, 0.15) is 26.4 Å². The molecule has 1 N–H and O–H groups in total. The van der Waals surface area contributed by atoms with Gasteiger partial charge in [0.2, 0.25) is 0 Å². The van der Waals surface area contributed by atoms with Gasteiger partial charge in [-0.15, -0.1) is 12.3 Å². The molecule has 11 heavy (non-hydrogen) atoms. The van der Waals surface area contributed by atoms with Gasteiger partial charge in [0.1, 0.15) is 5.82 Å². The Kier molecular flexibility index (Phi) is 6.28. The van der Waals surface area contributed by atoms with Crippen molar-refractivity contribution >= 4 is 0 Å². The van der Waals surface area contributed by atoms with Crippen LogP contribution in [0.5, 0.6) is 0 Å². The first-order valence-corrected chi connectivity index (χ1v) is 2.77. The number of H-pyrrole nitrogens is 1. The fourth-order valence-corrected chi connectivity index (χ4v) is 0.671. The highest BCUT2D eigenvalue weighted by atomic mass is 14.9. The van der Waals surface area contributed by atoms with Crippen LogP contribution in [0.25, 0.3) is 0 Å². The van der Waals surface area contributed by atoms with E-state index in [0.29, 0.717) is 6.42 Å². The molecule has 2 nitrogen and oxygen atoms in total. The number of terminal acetylenes is 1. The minimum atomic E-state index is 0. The highest BCUT2D eigenvalue weighted by Crippen LogP contribution is 1.94. The molecule has 0 saturated heterocycles. The number of aryl methyl sites for hydroxylation is 1. The normalized spacial score (nSPS) is 7.27. The molecule has 0 amide bonds. The zero-order valence-corrected chi connectivity index (χ0v) is 5.31. The fraction of sp³-hybridized carbons (Fsp3) is 0.444. The zero-order chi connectivity index (χ0) is 6.69. The SMILES string of the molecule is C.C.C#CCc1cnc(C)[nH]1. The molecule has 1 aromatic rings. The fourth-order valence-electron chi connectivity index (χ4n) is 0.671. The summed E-state index contributed by atoms with van der Waals surface area (Å²) in [7, 11) is 0. The van der Waals surface area contributed by atoms with Crippen molar-refractivity contribution in [3.8, 4) is 12.3 Å². The average Bonchev–Trinajstić information content (AvgIpc) is 2.17. The smallest absolute Gasteiger partial charge is 0.103 e. The number of nitrogens with one attached hydrogen (secondary N) is 1. The molecule has 0 fully saturated rings. The van der Waals surface area contributed by atoms with E-state index in [1.54, 1.807) is 6.20 Å². The van der Waals surface area contributed by atoms with Gasteiger partial charge in [0.05, 0.1) is 6.42 Å². The third kappa shape index (κ3) is 3.47. The number of nitrogens with zero attached hydrogens (tertiary/aromatic N) is 1. The first-order chi connectivity index (χ1) is 4.33. The minimum Gasteiger partial charge on any atom is -0.345 e. The van der Waals surface area contributed by atoms with E-state index in [0.717, 1.165) is 11.5 Å². The molecule has 2 heteroatoms. The van der Waals surface area contributed by atoms with Crippen LogP contribution in [-0.4, -0.2) is 9.97 Å². The topological polar surface area (TPSA) is 28.7 Å². The lowest BCUT2D eigenvalue weighted by atomic mass is 10.3. The van der Waals surface area contributed by atoms with Crippen molar-refractivity contribution in [2.75, 3.05) is 0 Å². The Morgan fingerprint density at radius 3 is 2.64 bits per heavy atom. The van der Waals surface area contributed by atoms with Crippen molar-refractivity contribution in [1.29, 1.82) is 0 Å². The summed E-state index contributed by atoms with van der Waals surface area (Å²) in [5.74, 6) is 3.44. The van der Waals surface area contributed by atoms with Crippen molar-refractivity contribution in [3.05, 3.63) is 17.7 Å². The second-order valence-electron chi connectivity index (χ2n) is 1.87. The lowest BCUT2D eigenvalue weighted by molar-refractivity contribution is 1.10. The van der Waals surface area contributed by atoms with Crippen LogP contribution in [0.3, 0.4) is 0 Å². The van der Waals surface area contributed by atoms with Gasteiger partial charge >= 0.3 is 0 Å². The number of aromatic nitrogens is 2. The van der Waals surface area contributed by atoms with E-state index in [1.807, 2.05) is 6.92 Å². The predicted molar refractivity (Wildman–Crippen MR) is 49.3 cm³/mol. The van der Waals surface area contributed by atoms with Gasteiger partial charge in [0.15, 0.2) is 0 Å². The second-order valence-corrected chi connectivity index (χ2v) is 1.87. The Bertz CT molecular complexity index is 230. The minimum absolute atomic E-state index is 0. The van der Waals surface area contributed by atoms with Gasteiger partial charge in [-0.05, 0) is 6.92 Å². The predicted octanol–water partition coefficient (Wildman–Crippen LogP) is 2.17. The molecule has 0 aliphatic heterocycles. The lowest BCUT2D eigenvalue weighted by Crippen LogP contribution is -1.79. The summed E-state index contributed by atoms with van der Waals surface area (Å²) >= 11 is 0. The molecule has 1 heterocycles. The molecule has 1 rings (SSSR count). The van der Waals surface area contributed by atoms with Crippen LogP contribution in [0, 0.1) is 19.3 Å². The lowest BCUT2D eigenvalue weighted by Gasteiger charge is -1.82. The summed E-state index contributed by atoms with van der Waals surface area (Å²) in [6, 6.07) is 0. The van der Waals surface area contributed by atoms with Gasteiger partial charge in [-0.25, -0.2) is 4.98 Å². The molecule has 0 radical (unpaired) electrons. The number of aromatic amines is 1. The molecule has 0 aliphatic rings. The number of imidazole rings is 1. The van der Waals surface area contributed by atoms with Crippen LogP contribution >= 0.6 is 0 Å². The molecule has 0 unspecified atom stereocenters. The quantitative estimate of drug-likeness (QED) is 0.614. The second kappa shape index (κ2) is 5.55. The van der Waals surface area contributed by atoms with Crippen molar-refractivity contribution in [2.45, 2.75) is 28.2 Å². The van der Waals surface area contributed by atoms with Crippen molar-refractivity contribution in [3.63, 3.8) is 0 Å². The number of rotatable bonds is 1. The Labute approximate surface area is 69.1 Å². The summed E-state index contributed by atoms with van der Waals surface area (Å²) in [6.07, 6.45) is 7.47. The van der Waals surface area contributed by atoms with Crippen molar-refractivity contribution < 1.29 is 0 Å². The van der Waals surface area contributed by atoms with E-state index in [1.165, 1.54) is 0 Å². The molecule has 62 valence electrons. The summed E-state index contributed by atoms with van der Waals surface area (Å²) in [5.41, 5.74) is 1.01. The molecule has 0 bridgehead atoms. The third-order valence-electron chi connectivity index (χ3n) is 1.05. The van der Waals surface area contributed by atoms with Crippen LogP contribution in [0.2, 0.25) is 0 Å². The van der Waals surface area contributed by atoms with Gasteiger partial charge in [-0.3, -0.25) is 0 Å². The zero-order valence-electron chi connectivity index (χ0n) is 5.31. The van der Waals surface area contributed by atoms with Crippen molar-refractivity contribution in [2.24, 2.45) is 0 Å². The van der Waals surface area contributed by atoms with Crippen LogP contribution in [0.15, 0.2) is 6.20 Å². The van der Waals surface area contributed by atoms with Crippen LogP contribution < -0.4 is 0 Å². The summed E-state index contributed by atoms with van der Waals surface area (Å²) < 4.78 is 0. The van der Waals surface area contributed by atoms with Gasteiger partial charge in [-0.1, -0.05) is 14.9 Å². The average molecular weight is 152 g/mol. The Morgan fingerprint density at radius 1 is 1.64 bits per heavy atom. The Morgan fingerprint density at radius 2 is 2.27 bits per heavy atom. The Balaban J connectivity index is 0. The standard InChI is InChI=1S/C7H8N2.2CH4/c1-3-4-7-5-8-6(2)9-7;;/h1,5H,4H2,2H3,(H,8,9);2*1H4. The van der Waals surface area contributed by atoms with Gasteiger partial charge in [0.25, 0.3) is 0 Å². The molecule has 0 aromatic carbocycles. The van der Waals surface area contributed by atoms with Crippen LogP contribution in [-0.2, 0) is 6.42 Å². The van der Waals surface area contributed by atoms with Gasteiger partial charge in [-0.2, -0.15) is 0 Å². The molecule has 1 aromatic heterocycles. The monoisotopic (exact) mass is 152 g/mol. The molecule has 0 saturated carbocycles.